The molecule has 5 heteroatoms. The first-order chi connectivity index (χ1) is 8.17. The summed E-state index contributed by atoms with van der Waals surface area (Å²) >= 11 is 0. The monoisotopic (exact) mass is 238 g/mol. The first-order valence-electron chi connectivity index (χ1n) is 6.01. The molecule has 0 atom stereocenters. The summed E-state index contributed by atoms with van der Waals surface area (Å²) < 4.78 is 5.54. The zero-order valence-electron chi connectivity index (χ0n) is 11.2. The van der Waals surface area contributed by atoms with Crippen molar-refractivity contribution in [2.24, 2.45) is 0 Å². The highest BCUT2D eigenvalue weighted by molar-refractivity contribution is 5.33. The van der Waals surface area contributed by atoms with Crippen LogP contribution in [0.3, 0.4) is 0 Å². The number of hydrogen-bond donors (Lipinski definition) is 1. The minimum Gasteiger partial charge on any atom is -0.478 e. The molecule has 0 aliphatic rings. The molecule has 5 nitrogen and oxygen atoms in total. The molecule has 1 heterocycles. The number of nitrogens with one attached hydrogen (secondary N) is 1. The Morgan fingerprint density at radius 2 is 2.18 bits per heavy atom. The maximum atomic E-state index is 5.54. The average Bonchev–Trinajstić information content (AvgIpc) is 2.32. The summed E-state index contributed by atoms with van der Waals surface area (Å²) in [5.41, 5.74) is 0.928. The summed E-state index contributed by atoms with van der Waals surface area (Å²) in [5.74, 6) is 1.37. The van der Waals surface area contributed by atoms with Gasteiger partial charge in [-0.15, -0.1) is 0 Å². The largest absolute Gasteiger partial charge is 0.478 e. The Bertz CT molecular complexity index is 343. The Balaban J connectivity index is 2.73. The second-order valence-electron chi connectivity index (χ2n) is 4.02. The second kappa shape index (κ2) is 7.06. The van der Waals surface area contributed by atoms with Crippen molar-refractivity contribution in [3.63, 3.8) is 0 Å². The van der Waals surface area contributed by atoms with Crippen molar-refractivity contribution in [2.75, 3.05) is 38.7 Å². The van der Waals surface area contributed by atoms with E-state index in [0.717, 1.165) is 25.2 Å². The van der Waals surface area contributed by atoms with E-state index in [9.17, 15) is 0 Å². The summed E-state index contributed by atoms with van der Waals surface area (Å²) in [6.07, 6.45) is 0.980. The van der Waals surface area contributed by atoms with Crippen molar-refractivity contribution in [2.45, 2.75) is 20.3 Å². The van der Waals surface area contributed by atoms with E-state index in [1.807, 2.05) is 32.0 Å². The fraction of sp³-hybridized carbons (Fsp3) is 0.667. The van der Waals surface area contributed by atoms with Gasteiger partial charge in [0.2, 0.25) is 11.8 Å². The zero-order chi connectivity index (χ0) is 12.7. The predicted octanol–water partition coefficient (Wildman–Crippen LogP) is 1.23. The molecule has 96 valence electrons. The minimum absolute atomic E-state index is 0.658. The summed E-state index contributed by atoms with van der Waals surface area (Å²) in [4.78, 5) is 10.8. The Labute approximate surface area is 103 Å². The Morgan fingerprint density at radius 3 is 2.82 bits per heavy atom. The zero-order valence-corrected chi connectivity index (χ0v) is 11.2. The quantitative estimate of drug-likeness (QED) is 0.774. The van der Waals surface area contributed by atoms with Gasteiger partial charge in [0.15, 0.2) is 0 Å². The van der Waals surface area contributed by atoms with Crippen LogP contribution < -0.4 is 15.0 Å². The predicted molar refractivity (Wildman–Crippen MR) is 69.8 cm³/mol. The van der Waals surface area contributed by atoms with Crippen LogP contribution in [0, 0.1) is 6.92 Å². The molecule has 0 unspecified atom stereocenters. The summed E-state index contributed by atoms with van der Waals surface area (Å²) in [6.45, 7) is 6.49. The molecule has 17 heavy (non-hydrogen) atoms. The number of likely N-dealkylation sites (N-methyl/N-ethyl adjacent to an activating group) is 2. The Hall–Kier alpha value is -1.36. The number of hydrogen-bond acceptors (Lipinski definition) is 5. The number of aromatic nitrogens is 2. The molecule has 1 rings (SSSR count). The first kappa shape index (κ1) is 13.7. The lowest BCUT2D eigenvalue weighted by Gasteiger charge is -2.17. The molecule has 0 radical (unpaired) electrons. The van der Waals surface area contributed by atoms with Crippen molar-refractivity contribution >= 4 is 5.95 Å². The lowest BCUT2D eigenvalue weighted by Crippen LogP contribution is -2.28. The molecule has 0 saturated carbocycles. The number of ether oxygens (including phenoxy) is 1. The smallest absolute Gasteiger partial charge is 0.228 e. The van der Waals surface area contributed by atoms with E-state index in [0.29, 0.717) is 18.4 Å². The standard InChI is InChI=1S/C12H22N4O/c1-5-8-17-11-9-10(2)14-12(15-11)16(4)7-6-13-3/h9,13H,5-8H2,1-4H3. The maximum absolute atomic E-state index is 5.54. The van der Waals surface area contributed by atoms with Gasteiger partial charge in [-0.1, -0.05) is 6.92 Å². The molecule has 0 aliphatic carbocycles. The first-order valence-corrected chi connectivity index (χ1v) is 6.01. The van der Waals surface area contributed by atoms with Gasteiger partial charge in [0.05, 0.1) is 6.61 Å². The molecule has 0 fully saturated rings. The molecule has 0 aromatic carbocycles. The van der Waals surface area contributed by atoms with Crippen LogP contribution in [-0.4, -0.2) is 43.8 Å². The van der Waals surface area contributed by atoms with Crippen molar-refractivity contribution in [1.82, 2.24) is 15.3 Å². The van der Waals surface area contributed by atoms with Crippen LogP contribution in [0.5, 0.6) is 5.88 Å². The molecule has 1 aromatic rings. The van der Waals surface area contributed by atoms with Crippen LogP contribution in [0.25, 0.3) is 0 Å². The van der Waals surface area contributed by atoms with E-state index in [4.69, 9.17) is 4.74 Å². The van der Waals surface area contributed by atoms with Gasteiger partial charge in [-0.2, -0.15) is 4.98 Å². The SMILES string of the molecule is CCCOc1cc(C)nc(N(C)CCNC)n1. The van der Waals surface area contributed by atoms with Gasteiger partial charge in [0.1, 0.15) is 0 Å². The topological polar surface area (TPSA) is 50.3 Å². The molecular formula is C12H22N4O. The fourth-order valence-corrected chi connectivity index (χ4v) is 1.36. The van der Waals surface area contributed by atoms with Gasteiger partial charge in [-0.25, -0.2) is 4.98 Å². The van der Waals surface area contributed by atoms with Crippen molar-refractivity contribution in [3.8, 4) is 5.88 Å². The highest BCUT2D eigenvalue weighted by Gasteiger charge is 2.07. The van der Waals surface area contributed by atoms with Gasteiger partial charge in [0.25, 0.3) is 0 Å². The van der Waals surface area contributed by atoms with Crippen LogP contribution in [0.1, 0.15) is 19.0 Å². The van der Waals surface area contributed by atoms with E-state index >= 15 is 0 Å². The normalized spacial score (nSPS) is 10.4. The van der Waals surface area contributed by atoms with Crippen LogP contribution >= 0.6 is 0 Å². The summed E-state index contributed by atoms with van der Waals surface area (Å²) in [7, 11) is 3.91. The number of anilines is 1. The molecule has 0 amide bonds. The highest BCUT2D eigenvalue weighted by Crippen LogP contribution is 2.14. The van der Waals surface area contributed by atoms with Gasteiger partial charge < -0.3 is 15.0 Å². The highest BCUT2D eigenvalue weighted by atomic mass is 16.5. The molecule has 1 N–H and O–H groups in total. The maximum Gasteiger partial charge on any atom is 0.228 e. The lowest BCUT2D eigenvalue weighted by molar-refractivity contribution is 0.304. The van der Waals surface area contributed by atoms with Crippen LogP contribution in [0.15, 0.2) is 6.07 Å². The molecule has 0 spiro atoms. The average molecular weight is 238 g/mol. The van der Waals surface area contributed by atoms with E-state index in [1.54, 1.807) is 0 Å². The lowest BCUT2D eigenvalue weighted by atomic mass is 10.4. The second-order valence-corrected chi connectivity index (χ2v) is 4.02. The fourth-order valence-electron chi connectivity index (χ4n) is 1.36. The van der Waals surface area contributed by atoms with Crippen LogP contribution in [0.2, 0.25) is 0 Å². The van der Waals surface area contributed by atoms with E-state index in [2.05, 4.69) is 22.2 Å². The molecular weight excluding hydrogens is 216 g/mol. The van der Waals surface area contributed by atoms with Gasteiger partial charge in [-0.05, 0) is 20.4 Å². The third-order valence-electron chi connectivity index (χ3n) is 2.31. The number of rotatable bonds is 7. The van der Waals surface area contributed by atoms with E-state index < -0.39 is 0 Å². The van der Waals surface area contributed by atoms with Gasteiger partial charge in [0, 0.05) is 31.9 Å². The van der Waals surface area contributed by atoms with Gasteiger partial charge >= 0.3 is 0 Å². The summed E-state index contributed by atoms with van der Waals surface area (Å²) in [5, 5.41) is 3.10. The third-order valence-corrected chi connectivity index (χ3v) is 2.31. The van der Waals surface area contributed by atoms with Gasteiger partial charge in [-0.3, -0.25) is 0 Å². The molecule has 1 aromatic heterocycles. The third kappa shape index (κ3) is 4.56. The minimum atomic E-state index is 0.658. The summed E-state index contributed by atoms with van der Waals surface area (Å²) in [6, 6.07) is 1.87. The number of nitrogens with zero attached hydrogens (tertiary/aromatic N) is 3. The Kier molecular flexibility index (Phi) is 5.69. The van der Waals surface area contributed by atoms with Crippen molar-refractivity contribution < 1.29 is 4.74 Å². The van der Waals surface area contributed by atoms with E-state index in [-0.39, 0.29) is 0 Å². The van der Waals surface area contributed by atoms with Crippen molar-refractivity contribution in [1.29, 1.82) is 0 Å². The molecule has 0 bridgehead atoms. The number of aryl methyl sites for hydroxylation is 1. The van der Waals surface area contributed by atoms with E-state index in [1.165, 1.54) is 0 Å². The molecule has 0 aliphatic heterocycles. The van der Waals surface area contributed by atoms with Crippen LogP contribution in [0.4, 0.5) is 5.95 Å². The van der Waals surface area contributed by atoms with Crippen LogP contribution in [-0.2, 0) is 0 Å². The molecule has 0 saturated heterocycles. The Morgan fingerprint density at radius 1 is 1.41 bits per heavy atom. The van der Waals surface area contributed by atoms with Crippen molar-refractivity contribution in [3.05, 3.63) is 11.8 Å².